The fourth-order valence-corrected chi connectivity index (χ4v) is 4.82. The number of pyridine rings is 1. The third-order valence-corrected chi connectivity index (χ3v) is 6.68. The van der Waals surface area contributed by atoms with Gasteiger partial charge in [0.15, 0.2) is 5.82 Å². The second-order valence-electron chi connectivity index (χ2n) is 8.99. The molecule has 1 N–H and O–H groups in total. The standard InChI is InChI=1S/C22H28N8O3/c1-29-19(13-30-26-21(25-28-30)14-5-2-3-6-14)20(24-27-29)18-10-9-17(12-23-18)33-16-8-4-7-15(11-16)22(31)32/h9-10,12,14-16H,2-8,11,13H2,1H3,(H,31,32)/t15-,16-/m0/s1. The first-order valence-electron chi connectivity index (χ1n) is 11.6. The van der Waals surface area contributed by atoms with Crippen LogP contribution >= 0.6 is 0 Å². The Bertz CT molecular complexity index is 1100. The van der Waals surface area contributed by atoms with Gasteiger partial charge in [-0.05, 0) is 55.9 Å². The van der Waals surface area contributed by atoms with E-state index < -0.39 is 5.97 Å². The first-order valence-corrected chi connectivity index (χ1v) is 11.6. The number of hydrogen-bond donors (Lipinski definition) is 1. The highest BCUT2D eigenvalue weighted by atomic mass is 16.5. The number of aliphatic carboxylic acids is 1. The number of ether oxygens (including phenoxy) is 1. The zero-order valence-corrected chi connectivity index (χ0v) is 18.7. The van der Waals surface area contributed by atoms with Crippen LogP contribution in [0, 0.1) is 5.92 Å². The van der Waals surface area contributed by atoms with E-state index in [1.165, 1.54) is 12.8 Å². The van der Waals surface area contributed by atoms with Gasteiger partial charge < -0.3 is 9.84 Å². The molecule has 3 aromatic heterocycles. The summed E-state index contributed by atoms with van der Waals surface area (Å²) in [5.74, 6) is 0.768. The Labute approximate surface area is 191 Å². The molecule has 174 valence electrons. The lowest BCUT2D eigenvalue weighted by Gasteiger charge is -2.27. The number of carboxylic acids is 1. The molecule has 33 heavy (non-hydrogen) atoms. The third-order valence-electron chi connectivity index (χ3n) is 6.68. The van der Waals surface area contributed by atoms with Crippen molar-refractivity contribution in [3.63, 3.8) is 0 Å². The topological polar surface area (TPSA) is 134 Å². The predicted octanol–water partition coefficient (Wildman–Crippen LogP) is 2.59. The van der Waals surface area contributed by atoms with Crippen molar-refractivity contribution in [3.05, 3.63) is 29.8 Å². The largest absolute Gasteiger partial charge is 0.489 e. The van der Waals surface area contributed by atoms with Gasteiger partial charge in [-0.1, -0.05) is 18.1 Å². The summed E-state index contributed by atoms with van der Waals surface area (Å²) in [5, 5.41) is 30.8. The zero-order chi connectivity index (χ0) is 22.8. The number of nitrogens with zero attached hydrogens (tertiary/aromatic N) is 8. The normalized spacial score (nSPS) is 21.4. The lowest BCUT2D eigenvalue weighted by molar-refractivity contribution is -0.143. The Balaban J connectivity index is 1.28. The first-order chi connectivity index (χ1) is 16.1. The van der Waals surface area contributed by atoms with Gasteiger partial charge in [0.25, 0.3) is 0 Å². The minimum Gasteiger partial charge on any atom is -0.489 e. The minimum absolute atomic E-state index is 0.105. The summed E-state index contributed by atoms with van der Waals surface area (Å²) in [5.41, 5.74) is 2.17. The molecule has 11 nitrogen and oxygen atoms in total. The number of carbonyl (C=O) groups is 1. The molecule has 0 aromatic carbocycles. The number of hydrogen-bond acceptors (Lipinski definition) is 8. The molecule has 11 heteroatoms. The van der Waals surface area contributed by atoms with Gasteiger partial charge in [0, 0.05) is 13.0 Å². The number of aryl methyl sites for hydroxylation is 1. The average molecular weight is 453 g/mol. The van der Waals surface area contributed by atoms with E-state index in [0.717, 1.165) is 37.2 Å². The Morgan fingerprint density at radius 1 is 1.12 bits per heavy atom. The van der Waals surface area contributed by atoms with Crippen molar-refractivity contribution in [1.82, 2.24) is 40.2 Å². The van der Waals surface area contributed by atoms with Crippen LogP contribution in [0.1, 0.15) is 68.8 Å². The maximum atomic E-state index is 11.3. The van der Waals surface area contributed by atoms with Crippen LogP contribution in [-0.2, 0) is 18.4 Å². The van der Waals surface area contributed by atoms with E-state index in [-0.39, 0.29) is 12.0 Å². The predicted molar refractivity (Wildman–Crippen MR) is 116 cm³/mol. The molecule has 3 aromatic rings. The second kappa shape index (κ2) is 9.24. The van der Waals surface area contributed by atoms with Crippen LogP contribution in [-0.4, -0.2) is 57.4 Å². The van der Waals surface area contributed by atoms with E-state index in [2.05, 4.69) is 30.7 Å². The van der Waals surface area contributed by atoms with Gasteiger partial charge in [0.1, 0.15) is 18.0 Å². The van der Waals surface area contributed by atoms with E-state index in [1.54, 1.807) is 15.7 Å². The van der Waals surface area contributed by atoms with E-state index in [4.69, 9.17) is 4.74 Å². The molecule has 0 spiro atoms. The van der Waals surface area contributed by atoms with Gasteiger partial charge >= 0.3 is 5.97 Å². The van der Waals surface area contributed by atoms with Crippen molar-refractivity contribution in [2.24, 2.45) is 13.0 Å². The molecule has 0 unspecified atom stereocenters. The number of aromatic nitrogens is 8. The highest BCUT2D eigenvalue weighted by Crippen LogP contribution is 2.32. The molecule has 0 saturated heterocycles. The van der Waals surface area contributed by atoms with Crippen molar-refractivity contribution >= 4 is 5.97 Å². The molecule has 2 aliphatic rings. The number of tetrazole rings is 1. The molecular weight excluding hydrogens is 424 g/mol. The molecule has 0 bridgehead atoms. The highest BCUT2D eigenvalue weighted by Gasteiger charge is 2.28. The molecule has 0 aliphatic heterocycles. The van der Waals surface area contributed by atoms with E-state index in [9.17, 15) is 9.90 Å². The maximum absolute atomic E-state index is 11.3. The molecule has 2 saturated carbocycles. The van der Waals surface area contributed by atoms with Crippen LogP contribution < -0.4 is 4.74 Å². The van der Waals surface area contributed by atoms with Crippen LogP contribution in [0.25, 0.3) is 11.4 Å². The maximum Gasteiger partial charge on any atom is 0.306 e. The van der Waals surface area contributed by atoms with Crippen molar-refractivity contribution in [1.29, 1.82) is 0 Å². The molecule has 0 amide bonds. The minimum atomic E-state index is -0.746. The summed E-state index contributed by atoms with van der Waals surface area (Å²) in [4.78, 5) is 17.4. The number of rotatable bonds is 7. The van der Waals surface area contributed by atoms with Crippen LogP contribution in [0.15, 0.2) is 18.3 Å². The van der Waals surface area contributed by atoms with Crippen molar-refractivity contribution in [3.8, 4) is 17.1 Å². The van der Waals surface area contributed by atoms with Crippen molar-refractivity contribution in [2.75, 3.05) is 0 Å². The summed E-state index contributed by atoms with van der Waals surface area (Å²) >= 11 is 0. The summed E-state index contributed by atoms with van der Waals surface area (Å²) in [7, 11) is 1.83. The van der Waals surface area contributed by atoms with Gasteiger partial charge in [-0.25, -0.2) is 4.68 Å². The fraction of sp³-hybridized carbons (Fsp3) is 0.591. The lowest BCUT2D eigenvalue weighted by atomic mass is 9.87. The van der Waals surface area contributed by atoms with Crippen molar-refractivity contribution in [2.45, 2.75) is 69.9 Å². The van der Waals surface area contributed by atoms with Gasteiger partial charge in [-0.15, -0.1) is 15.3 Å². The summed E-state index contributed by atoms with van der Waals surface area (Å²) in [6.07, 6.45) is 9.20. The van der Waals surface area contributed by atoms with Crippen molar-refractivity contribution < 1.29 is 14.6 Å². The summed E-state index contributed by atoms with van der Waals surface area (Å²) in [6, 6.07) is 3.69. The molecule has 0 radical (unpaired) electrons. The van der Waals surface area contributed by atoms with Gasteiger partial charge in [0.05, 0.1) is 29.6 Å². The fourth-order valence-electron chi connectivity index (χ4n) is 4.82. The number of carboxylic acid groups (broad SMARTS) is 1. The Morgan fingerprint density at radius 3 is 2.73 bits per heavy atom. The SMILES string of the molecule is Cn1nnc(-c2ccc(O[C@H]3CCC[C@H](C(=O)O)C3)cn2)c1Cn1nnc(C2CCCC2)n1. The van der Waals surface area contributed by atoms with E-state index in [0.29, 0.717) is 42.4 Å². The summed E-state index contributed by atoms with van der Waals surface area (Å²) in [6.45, 7) is 0.400. The molecule has 3 heterocycles. The first kappa shape index (κ1) is 21.5. The van der Waals surface area contributed by atoms with Crippen LogP contribution in [0.2, 0.25) is 0 Å². The Kier molecular flexibility index (Phi) is 6.01. The third kappa shape index (κ3) is 4.71. The van der Waals surface area contributed by atoms with Crippen LogP contribution in [0.5, 0.6) is 5.75 Å². The average Bonchev–Trinajstić information content (AvgIpc) is 3.57. The smallest absolute Gasteiger partial charge is 0.306 e. The second-order valence-corrected chi connectivity index (χ2v) is 8.99. The molecule has 2 atom stereocenters. The monoisotopic (exact) mass is 452 g/mol. The summed E-state index contributed by atoms with van der Waals surface area (Å²) < 4.78 is 7.71. The van der Waals surface area contributed by atoms with E-state index in [1.807, 2.05) is 19.2 Å². The van der Waals surface area contributed by atoms with E-state index >= 15 is 0 Å². The highest BCUT2D eigenvalue weighted by molar-refractivity contribution is 5.70. The lowest BCUT2D eigenvalue weighted by Crippen LogP contribution is -2.29. The molecule has 2 aliphatic carbocycles. The van der Waals surface area contributed by atoms with Gasteiger partial charge in [-0.3, -0.25) is 9.78 Å². The van der Waals surface area contributed by atoms with Crippen LogP contribution in [0.4, 0.5) is 0 Å². The molecule has 5 rings (SSSR count). The van der Waals surface area contributed by atoms with Crippen LogP contribution in [0.3, 0.4) is 0 Å². The Morgan fingerprint density at radius 2 is 1.97 bits per heavy atom. The quantitative estimate of drug-likeness (QED) is 0.574. The molecule has 2 fully saturated rings. The molecular formula is C22H28N8O3. The van der Waals surface area contributed by atoms with Gasteiger partial charge in [0.2, 0.25) is 0 Å². The Hall–Kier alpha value is -3.37. The van der Waals surface area contributed by atoms with Gasteiger partial charge in [-0.2, -0.15) is 4.80 Å². The zero-order valence-electron chi connectivity index (χ0n) is 18.7.